The molecule has 0 radical (unpaired) electrons. The van der Waals surface area contributed by atoms with Crippen molar-refractivity contribution in [2.24, 2.45) is 0 Å². The number of aromatic amines is 1. The highest BCUT2D eigenvalue weighted by Gasteiger charge is 2.31. The zero-order valence-electron chi connectivity index (χ0n) is 17.0. The third-order valence-electron chi connectivity index (χ3n) is 4.73. The lowest BCUT2D eigenvalue weighted by Gasteiger charge is -2.24. The summed E-state index contributed by atoms with van der Waals surface area (Å²) in [4.78, 5) is 29.3. The smallest absolute Gasteiger partial charge is 0.406 e. The second-order valence-electron chi connectivity index (χ2n) is 7.20. The van der Waals surface area contributed by atoms with E-state index in [1.807, 2.05) is 30.5 Å². The molecule has 31 heavy (non-hydrogen) atoms. The monoisotopic (exact) mass is 433 g/mol. The summed E-state index contributed by atoms with van der Waals surface area (Å²) in [6.07, 6.45) is -2.65. The quantitative estimate of drug-likeness (QED) is 0.596. The zero-order valence-corrected chi connectivity index (χ0v) is 17.0. The number of ether oxygens (including phenoxy) is 1. The molecule has 0 saturated heterocycles. The maximum absolute atomic E-state index is 13.0. The number of halogens is 3. The van der Waals surface area contributed by atoms with Crippen molar-refractivity contribution in [2.75, 3.05) is 7.05 Å². The number of rotatable bonds is 7. The van der Waals surface area contributed by atoms with Gasteiger partial charge in [-0.25, -0.2) is 0 Å². The SMILES string of the molecule is CC(=O)NC(Cc1c[nH]c2ccccc12)C(=O)N(C)Cc1ccc(OC(F)(F)F)cc1. The number of nitrogens with zero attached hydrogens (tertiary/aromatic N) is 1. The van der Waals surface area contributed by atoms with Crippen molar-refractivity contribution in [1.82, 2.24) is 15.2 Å². The van der Waals surface area contributed by atoms with E-state index in [1.165, 1.54) is 36.1 Å². The molecule has 2 N–H and O–H groups in total. The molecule has 0 fully saturated rings. The van der Waals surface area contributed by atoms with E-state index in [0.717, 1.165) is 16.5 Å². The van der Waals surface area contributed by atoms with Crippen molar-refractivity contribution in [3.8, 4) is 5.75 Å². The molecule has 0 bridgehead atoms. The number of benzene rings is 2. The van der Waals surface area contributed by atoms with Gasteiger partial charge in [-0.2, -0.15) is 0 Å². The largest absolute Gasteiger partial charge is 0.573 e. The Morgan fingerprint density at radius 2 is 1.81 bits per heavy atom. The Kier molecular flexibility index (Phi) is 6.53. The Morgan fingerprint density at radius 3 is 2.45 bits per heavy atom. The van der Waals surface area contributed by atoms with E-state index in [9.17, 15) is 22.8 Å². The van der Waals surface area contributed by atoms with Crippen LogP contribution in [0.2, 0.25) is 0 Å². The van der Waals surface area contributed by atoms with Crippen LogP contribution in [-0.2, 0) is 22.6 Å². The molecule has 2 aromatic carbocycles. The molecule has 1 unspecified atom stereocenters. The van der Waals surface area contributed by atoms with Crippen molar-refractivity contribution < 1.29 is 27.5 Å². The lowest BCUT2D eigenvalue weighted by atomic mass is 10.0. The minimum Gasteiger partial charge on any atom is -0.406 e. The summed E-state index contributed by atoms with van der Waals surface area (Å²) in [5.41, 5.74) is 2.45. The molecule has 3 aromatic rings. The van der Waals surface area contributed by atoms with E-state index in [-0.39, 0.29) is 24.1 Å². The lowest BCUT2D eigenvalue weighted by molar-refractivity contribution is -0.274. The van der Waals surface area contributed by atoms with E-state index in [2.05, 4.69) is 15.0 Å². The Labute approximate surface area is 177 Å². The Bertz CT molecular complexity index is 1060. The van der Waals surface area contributed by atoms with Gasteiger partial charge in [0.05, 0.1) is 0 Å². The van der Waals surface area contributed by atoms with Crippen molar-refractivity contribution in [2.45, 2.75) is 32.3 Å². The van der Waals surface area contributed by atoms with Gasteiger partial charge in [-0.3, -0.25) is 9.59 Å². The van der Waals surface area contributed by atoms with Crippen molar-refractivity contribution in [3.05, 3.63) is 65.9 Å². The third-order valence-corrected chi connectivity index (χ3v) is 4.73. The number of hydrogen-bond acceptors (Lipinski definition) is 3. The number of aromatic nitrogens is 1. The third kappa shape index (κ3) is 6.00. The van der Waals surface area contributed by atoms with E-state index in [0.29, 0.717) is 12.0 Å². The molecule has 0 aliphatic heterocycles. The van der Waals surface area contributed by atoms with E-state index < -0.39 is 12.4 Å². The summed E-state index contributed by atoms with van der Waals surface area (Å²) >= 11 is 0. The van der Waals surface area contributed by atoms with Gasteiger partial charge in [-0.05, 0) is 29.3 Å². The number of H-pyrrole nitrogens is 1. The molecule has 0 aliphatic rings. The molecule has 164 valence electrons. The van der Waals surface area contributed by atoms with Crippen LogP contribution >= 0.6 is 0 Å². The van der Waals surface area contributed by atoms with E-state index >= 15 is 0 Å². The van der Waals surface area contributed by atoms with Gasteiger partial charge >= 0.3 is 6.36 Å². The summed E-state index contributed by atoms with van der Waals surface area (Å²) in [6, 6.07) is 12.2. The second kappa shape index (κ2) is 9.11. The van der Waals surface area contributed by atoms with Gasteiger partial charge in [0.15, 0.2) is 0 Å². The van der Waals surface area contributed by atoms with Gasteiger partial charge in [0, 0.05) is 44.0 Å². The molecule has 3 rings (SSSR count). The number of para-hydroxylation sites is 1. The molecule has 1 aromatic heterocycles. The molecule has 9 heteroatoms. The average molecular weight is 433 g/mol. The van der Waals surface area contributed by atoms with Crippen LogP contribution < -0.4 is 10.1 Å². The first kappa shape index (κ1) is 22.2. The van der Waals surface area contributed by atoms with Crippen LogP contribution in [0.15, 0.2) is 54.7 Å². The van der Waals surface area contributed by atoms with Crippen LogP contribution in [-0.4, -0.2) is 41.2 Å². The summed E-state index contributed by atoms with van der Waals surface area (Å²) in [5.74, 6) is -0.975. The number of likely N-dealkylation sites (N-methyl/N-ethyl adjacent to an activating group) is 1. The highest BCUT2D eigenvalue weighted by atomic mass is 19.4. The molecule has 6 nitrogen and oxygen atoms in total. The molecule has 0 spiro atoms. The first-order valence-electron chi connectivity index (χ1n) is 9.54. The Hall–Kier alpha value is -3.49. The highest BCUT2D eigenvalue weighted by Crippen LogP contribution is 2.23. The highest BCUT2D eigenvalue weighted by molar-refractivity contribution is 5.89. The number of carbonyl (C=O) groups is 2. The topological polar surface area (TPSA) is 74.4 Å². The summed E-state index contributed by atoms with van der Waals surface area (Å²) in [5, 5.41) is 3.66. The maximum atomic E-state index is 13.0. The standard InChI is InChI=1S/C22H22F3N3O3/c1-14(29)27-20(11-16-12-26-19-6-4-3-5-18(16)19)21(30)28(2)13-15-7-9-17(10-8-15)31-22(23,24)25/h3-10,12,20,26H,11,13H2,1-2H3,(H,27,29). The lowest BCUT2D eigenvalue weighted by Crippen LogP contribution is -2.47. The van der Waals surface area contributed by atoms with E-state index in [1.54, 1.807) is 7.05 Å². The van der Waals surface area contributed by atoms with Gasteiger partial charge in [0.2, 0.25) is 11.8 Å². The number of fused-ring (bicyclic) bond motifs is 1. The van der Waals surface area contributed by atoms with Gasteiger partial charge in [-0.15, -0.1) is 13.2 Å². The number of amides is 2. The minimum absolute atomic E-state index is 0.162. The first-order chi connectivity index (χ1) is 14.6. The fraction of sp³-hybridized carbons (Fsp3) is 0.273. The van der Waals surface area contributed by atoms with Crippen LogP contribution in [0.3, 0.4) is 0 Å². The maximum Gasteiger partial charge on any atom is 0.573 e. The number of hydrogen-bond donors (Lipinski definition) is 2. The molecular formula is C22H22F3N3O3. The Morgan fingerprint density at radius 1 is 1.13 bits per heavy atom. The van der Waals surface area contributed by atoms with Gasteiger partial charge in [0.25, 0.3) is 0 Å². The molecular weight excluding hydrogens is 411 g/mol. The van der Waals surface area contributed by atoms with Gasteiger partial charge < -0.3 is 19.9 Å². The molecule has 1 atom stereocenters. The predicted molar refractivity (Wildman–Crippen MR) is 109 cm³/mol. The molecule has 0 aliphatic carbocycles. The van der Waals surface area contributed by atoms with Crippen LogP contribution in [0.4, 0.5) is 13.2 Å². The van der Waals surface area contributed by atoms with Gasteiger partial charge in [-0.1, -0.05) is 30.3 Å². The van der Waals surface area contributed by atoms with Crippen LogP contribution in [0.1, 0.15) is 18.1 Å². The van der Waals surface area contributed by atoms with Crippen LogP contribution in [0.5, 0.6) is 5.75 Å². The van der Waals surface area contributed by atoms with Crippen molar-refractivity contribution >= 4 is 22.7 Å². The normalized spacial score (nSPS) is 12.4. The fourth-order valence-corrected chi connectivity index (χ4v) is 3.38. The summed E-state index contributed by atoms with van der Waals surface area (Å²) < 4.78 is 40.7. The number of carbonyl (C=O) groups excluding carboxylic acids is 2. The van der Waals surface area contributed by atoms with Crippen LogP contribution in [0.25, 0.3) is 10.9 Å². The van der Waals surface area contributed by atoms with Crippen molar-refractivity contribution in [1.29, 1.82) is 0 Å². The number of nitrogens with one attached hydrogen (secondary N) is 2. The molecule has 1 heterocycles. The first-order valence-corrected chi connectivity index (χ1v) is 9.54. The predicted octanol–water partition coefficient (Wildman–Crippen LogP) is 3.77. The van der Waals surface area contributed by atoms with Crippen LogP contribution in [0, 0.1) is 0 Å². The van der Waals surface area contributed by atoms with Crippen molar-refractivity contribution in [3.63, 3.8) is 0 Å². The number of alkyl halides is 3. The summed E-state index contributed by atoms with van der Waals surface area (Å²) in [7, 11) is 1.58. The fourth-order valence-electron chi connectivity index (χ4n) is 3.38. The molecule has 0 saturated carbocycles. The second-order valence-corrected chi connectivity index (χ2v) is 7.20. The van der Waals surface area contributed by atoms with E-state index in [4.69, 9.17) is 0 Å². The Balaban J connectivity index is 1.71. The zero-order chi connectivity index (χ0) is 22.6. The summed E-state index contributed by atoms with van der Waals surface area (Å²) in [6.45, 7) is 1.50. The average Bonchev–Trinajstić information content (AvgIpc) is 3.10. The van der Waals surface area contributed by atoms with Gasteiger partial charge in [0.1, 0.15) is 11.8 Å². The molecule has 2 amide bonds. The minimum atomic E-state index is -4.76.